The van der Waals surface area contributed by atoms with Crippen molar-refractivity contribution in [2.24, 2.45) is 4.99 Å². The molecule has 0 amide bonds. The van der Waals surface area contributed by atoms with Crippen LogP contribution in [0.3, 0.4) is 0 Å². The van der Waals surface area contributed by atoms with Gasteiger partial charge in [-0.05, 0) is 81.7 Å². The van der Waals surface area contributed by atoms with Gasteiger partial charge < -0.3 is 14.3 Å². The molecule has 0 bridgehead atoms. The molecule has 0 aromatic carbocycles. The second kappa shape index (κ2) is 13.0. The number of hydrogen-bond acceptors (Lipinski definition) is 11. The first-order chi connectivity index (χ1) is 26.4. The first-order valence-corrected chi connectivity index (χ1v) is 22.7. The first-order valence-electron chi connectivity index (χ1n) is 17.8. The summed E-state index contributed by atoms with van der Waals surface area (Å²) in [5.74, 6) is 1.78. The van der Waals surface area contributed by atoms with E-state index in [1.54, 1.807) is 40.1 Å². The fraction of sp³-hybridized carbons (Fsp3) is 0.293. The Balaban J connectivity index is 1.13. The van der Waals surface area contributed by atoms with E-state index in [1.807, 2.05) is 53.0 Å². The molecule has 2 saturated carbocycles. The number of nitrogens with zero attached hydrogens (tertiary/aromatic N) is 5. The maximum atomic E-state index is 9.30. The number of aliphatic imine (C=N–C) groups is 1. The van der Waals surface area contributed by atoms with Crippen LogP contribution in [0.4, 0.5) is 5.00 Å². The van der Waals surface area contributed by atoms with Crippen molar-refractivity contribution in [3.05, 3.63) is 80.9 Å². The average molecular weight is 814 g/mol. The first kappa shape index (κ1) is 34.0. The lowest BCUT2D eigenvalue weighted by molar-refractivity contribution is 0.0258. The standard InChI is InChI=1S/C41H27N5O2S6/c1-44-22(20-42)17-23-9-10-26(49-23)28-18-24-34(51-28)36-32(40(47-24)13-5-3-6-14-40)38-39(53-36)33-37(54-38)35-25(48-41(33)15-7-4-8-16-41)19-29(52-35)27-11-12-31(50-27)46-30(21-43)45-2/h9-12,17-19H,3-8,13-16H2/b22-17+,46-30-. The second-order valence-electron chi connectivity index (χ2n) is 13.9. The maximum Gasteiger partial charge on any atom is 0.350 e. The lowest BCUT2D eigenvalue weighted by atomic mass is 9.76. The highest BCUT2D eigenvalue weighted by Crippen LogP contribution is 2.66. The molecule has 7 nitrogen and oxygen atoms in total. The van der Waals surface area contributed by atoms with Crippen molar-refractivity contribution in [1.29, 1.82) is 10.5 Å². The molecule has 54 heavy (non-hydrogen) atoms. The van der Waals surface area contributed by atoms with Gasteiger partial charge in [-0.15, -0.1) is 56.7 Å². The molecule has 2 aliphatic heterocycles. The van der Waals surface area contributed by atoms with Crippen molar-refractivity contribution in [3.8, 4) is 62.7 Å². The molecule has 6 aromatic rings. The Bertz CT molecular complexity index is 2540. The molecular formula is C41H27N5O2S6. The molecule has 13 heteroatoms. The van der Waals surface area contributed by atoms with Crippen molar-refractivity contribution in [2.45, 2.75) is 75.4 Å². The quantitative estimate of drug-likeness (QED) is 0.0767. The van der Waals surface area contributed by atoms with Gasteiger partial charge in [0.25, 0.3) is 5.70 Å². The molecule has 6 aromatic heterocycles. The van der Waals surface area contributed by atoms with Crippen molar-refractivity contribution < 1.29 is 9.47 Å². The van der Waals surface area contributed by atoms with Crippen molar-refractivity contribution in [3.63, 3.8) is 0 Å². The number of amidine groups is 1. The fourth-order valence-corrected chi connectivity index (χ4v) is 16.2. The van der Waals surface area contributed by atoms with Crippen LogP contribution < -0.4 is 9.47 Å². The van der Waals surface area contributed by atoms with E-state index < -0.39 is 0 Å². The molecule has 8 heterocycles. The van der Waals surface area contributed by atoms with E-state index in [0.29, 0.717) is 5.00 Å². The number of thiophene rings is 6. The summed E-state index contributed by atoms with van der Waals surface area (Å²) in [6, 6.07) is 16.3. The highest BCUT2D eigenvalue weighted by molar-refractivity contribution is 7.35. The van der Waals surface area contributed by atoms with Gasteiger partial charge in [-0.3, -0.25) is 0 Å². The third-order valence-electron chi connectivity index (χ3n) is 10.8. The summed E-state index contributed by atoms with van der Waals surface area (Å²) in [6.07, 6.45) is 12.7. The molecule has 10 rings (SSSR count). The summed E-state index contributed by atoms with van der Waals surface area (Å²) >= 11 is 10.5. The highest BCUT2D eigenvalue weighted by Gasteiger charge is 2.50. The van der Waals surface area contributed by atoms with Crippen LogP contribution in [0.25, 0.3) is 64.2 Å². The smallest absolute Gasteiger partial charge is 0.350 e. The zero-order chi connectivity index (χ0) is 36.6. The van der Waals surface area contributed by atoms with Gasteiger partial charge in [-0.2, -0.15) is 0 Å². The fourth-order valence-electron chi connectivity index (χ4n) is 8.50. The third kappa shape index (κ3) is 5.26. The Morgan fingerprint density at radius 3 is 1.72 bits per heavy atom. The summed E-state index contributed by atoms with van der Waals surface area (Å²) in [4.78, 5) is 21.2. The third-order valence-corrected chi connectivity index (χ3v) is 18.3. The van der Waals surface area contributed by atoms with E-state index in [0.717, 1.165) is 87.3 Å². The minimum absolute atomic E-state index is 0.0899. The molecule has 2 spiro atoms. The summed E-state index contributed by atoms with van der Waals surface area (Å²) in [7, 11) is 0. The summed E-state index contributed by atoms with van der Waals surface area (Å²) < 4.78 is 17.2. The van der Waals surface area contributed by atoms with Crippen LogP contribution in [0.2, 0.25) is 0 Å². The second-order valence-corrected chi connectivity index (χ2v) is 20.3. The number of hydrogen-bond donors (Lipinski definition) is 0. The number of ether oxygens (including phenoxy) is 2. The Labute approximate surface area is 336 Å². The molecule has 2 aliphatic carbocycles. The monoisotopic (exact) mass is 813 g/mol. The van der Waals surface area contributed by atoms with Gasteiger partial charge in [0.15, 0.2) is 0 Å². The van der Waals surface area contributed by atoms with Crippen LogP contribution in [0.15, 0.2) is 47.1 Å². The summed E-state index contributed by atoms with van der Waals surface area (Å²) in [5.41, 5.74) is 2.11. The van der Waals surface area contributed by atoms with Crippen molar-refractivity contribution in [1.82, 2.24) is 0 Å². The zero-order valence-electron chi connectivity index (χ0n) is 28.6. The van der Waals surface area contributed by atoms with Gasteiger partial charge in [0.1, 0.15) is 28.8 Å². The van der Waals surface area contributed by atoms with Gasteiger partial charge in [0, 0.05) is 47.6 Å². The summed E-state index contributed by atoms with van der Waals surface area (Å²) in [5, 5.41) is 19.2. The average Bonchev–Trinajstić information content (AvgIpc) is 4.04. The number of nitriles is 2. The van der Waals surface area contributed by atoms with E-state index in [4.69, 9.17) is 22.6 Å². The molecule has 0 saturated heterocycles. The largest absolute Gasteiger partial charge is 0.481 e. The molecule has 264 valence electrons. The van der Waals surface area contributed by atoms with Gasteiger partial charge in [0.2, 0.25) is 5.00 Å². The van der Waals surface area contributed by atoms with Crippen LogP contribution >= 0.6 is 68.0 Å². The normalized spacial score (nSPS) is 18.0. The minimum atomic E-state index is -0.370. The van der Waals surface area contributed by atoms with Crippen molar-refractivity contribution >= 4 is 94.3 Å². The minimum Gasteiger partial charge on any atom is -0.481 e. The molecule has 4 aliphatic rings. The van der Waals surface area contributed by atoms with Crippen LogP contribution in [0, 0.1) is 35.8 Å². The van der Waals surface area contributed by atoms with Crippen LogP contribution in [-0.4, -0.2) is 5.84 Å². The molecular weight excluding hydrogens is 787 g/mol. The van der Waals surface area contributed by atoms with Gasteiger partial charge in [-0.1, -0.05) is 35.7 Å². The molecule has 0 atom stereocenters. The molecule has 2 fully saturated rings. The lowest BCUT2D eigenvalue weighted by Crippen LogP contribution is -2.37. The Morgan fingerprint density at radius 1 is 0.648 bits per heavy atom. The maximum absolute atomic E-state index is 9.30. The summed E-state index contributed by atoms with van der Waals surface area (Å²) in [6.45, 7) is 14.5. The number of fused-ring (bicyclic) bond motifs is 11. The lowest BCUT2D eigenvalue weighted by Gasteiger charge is -2.41. The van der Waals surface area contributed by atoms with E-state index in [2.05, 4.69) is 32.9 Å². The molecule has 0 radical (unpaired) electrons. The van der Waals surface area contributed by atoms with Crippen molar-refractivity contribution in [2.75, 3.05) is 0 Å². The van der Waals surface area contributed by atoms with Gasteiger partial charge >= 0.3 is 5.84 Å². The van der Waals surface area contributed by atoms with Gasteiger partial charge in [0.05, 0.1) is 41.5 Å². The van der Waals surface area contributed by atoms with Crippen LogP contribution in [0.1, 0.15) is 80.2 Å². The number of rotatable bonds is 4. The topological polar surface area (TPSA) is 87.1 Å². The van der Waals surface area contributed by atoms with E-state index >= 15 is 0 Å². The molecule has 0 unspecified atom stereocenters. The predicted octanol–water partition coefficient (Wildman–Crippen LogP) is 14.2. The van der Waals surface area contributed by atoms with Crippen LogP contribution in [-0.2, 0) is 11.2 Å². The Hall–Kier alpha value is -4.57. The molecule has 0 N–H and O–H groups in total. The van der Waals surface area contributed by atoms with E-state index in [1.165, 1.54) is 64.2 Å². The van der Waals surface area contributed by atoms with E-state index in [9.17, 15) is 10.5 Å². The highest BCUT2D eigenvalue weighted by atomic mass is 32.1. The SMILES string of the molecule is [C-]#[N+]/C(C#N)=N\c1ccc(-c2cc3c(s2)-c2sc4c5c(sc4c2C2(CCCCC2)O3)-c2sc(-c3ccc(/C=C(\C#N)[N+]#[C-])s3)cc2OC52CCCCC2)s1. The number of allylic oxidation sites excluding steroid dienone is 1. The Kier molecular flexibility index (Phi) is 8.20. The van der Waals surface area contributed by atoms with E-state index in [-0.39, 0.29) is 22.7 Å². The predicted molar refractivity (Wildman–Crippen MR) is 223 cm³/mol. The van der Waals surface area contributed by atoms with Gasteiger partial charge in [-0.25, -0.2) is 15.4 Å². The zero-order valence-corrected chi connectivity index (χ0v) is 33.5. The van der Waals surface area contributed by atoms with Crippen LogP contribution in [0.5, 0.6) is 11.5 Å². The Morgan fingerprint density at radius 2 is 1.20 bits per heavy atom.